The summed E-state index contributed by atoms with van der Waals surface area (Å²) in [5.74, 6) is -0.424. The molecule has 6 nitrogen and oxygen atoms in total. The van der Waals surface area contributed by atoms with Crippen LogP contribution in [0, 0.1) is 0 Å². The van der Waals surface area contributed by atoms with Crippen molar-refractivity contribution in [1.29, 1.82) is 0 Å². The number of anilines is 1. The van der Waals surface area contributed by atoms with Gasteiger partial charge < -0.3 is 15.4 Å². The number of ether oxygens (including phenoxy) is 1. The number of pyridine rings is 1. The standard InChI is InChI=1S/C14H22N4O2/c1-2-20-10-9-17-5-7-18(8-6-17)13-3-4-16-11-12(13)14(15)19/h3-4,11H,2,5-10H2,1H3,(H2,15,19). The Morgan fingerprint density at radius 1 is 1.40 bits per heavy atom. The van der Waals surface area contributed by atoms with Gasteiger partial charge in [0, 0.05) is 51.7 Å². The van der Waals surface area contributed by atoms with E-state index in [1.165, 1.54) is 0 Å². The molecule has 0 unspecified atom stereocenters. The van der Waals surface area contributed by atoms with Crippen molar-refractivity contribution in [3.63, 3.8) is 0 Å². The molecule has 0 aromatic carbocycles. The van der Waals surface area contributed by atoms with Gasteiger partial charge in [0.05, 0.1) is 17.9 Å². The first-order chi connectivity index (χ1) is 9.72. The molecule has 2 rings (SSSR count). The second-order valence-electron chi connectivity index (χ2n) is 4.78. The maximum absolute atomic E-state index is 11.4. The largest absolute Gasteiger partial charge is 0.380 e. The Bertz CT molecular complexity index is 445. The lowest BCUT2D eigenvalue weighted by molar-refractivity contribution is 0.1000. The van der Waals surface area contributed by atoms with Gasteiger partial charge in [0.2, 0.25) is 0 Å². The van der Waals surface area contributed by atoms with Gasteiger partial charge in [-0.05, 0) is 13.0 Å². The van der Waals surface area contributed by atoms with Gasteiger partial charge in [0.25, 0.3) is 5.91 Å². The average Bonchev–Trinajstić information content (AvgIpc) is 2.48. The fraction of sp³-hybridized carbons (Fsp3) is 0.571. The van der Waals surface area contributed by atoms with E-state index in [4.69, 9.17) is 10.5 Å². The molecule has 2 heterocycles. The minimum absolute atomic E-state index is 0.424. The van der Waals surface area contributed by atoms with Crippen LogP contribution >= 0.6 is 0 Å². The van der Waals surface area contributed by atoms with Gasteiger partial charge >= 0.3 is 0 Å². The zero-order chi connectivity index (χ0) is 14.4. The molecule has 0 aliphatic carbocycles. The Hall–Kier alpha value is -1.66. The summed E-state index contributed by atoms with van der Waals surface area (Å²) in [6.45, 7) is 8.21. The highest BCUT2D eigenvalue weighted by molar-refractivity contribution is 5.98. The second kappa shape index (κ2) is 7.21. The number of amides is 1. The summed E-state index contributed by atoms with van der Waals surface area (Å²) in [7, 11) is 0. The Labute approximate surface area is 119 Å². The number of hydrogen-bond donors (Lipinski definition) is 1. The fourth-order valence-corrected chi connectivity index (χ4v) is 2.40. The van der Waals surface area contributed by atoms with Crippen molar-refractivity contribution in [2.75, 3.05) is 50.8 Å². The monoisotopic (exact) mass is 278 g/mol. The van der Waals surface area contributed by atoms with Crippen LogP contribution in [0.5, 0.6) is 0 Å². The minimum atomic E-state index is -0.424. The molecule has 0 radical (unpaired) electrons. The van der Waals surface area contributed by atoms with Crippen molar-refractivity contribution < 1.29 is 9.53 Å². The van der Waals surface area contributed by atoms with Crippen LogP contribution in [0.4, 0.5) is 5.69 Å². The van der Waals surface area contributed by atoms with Gasteiger partial charge in [0.1, 0.15) is 0 Å². The van der Waals surface area contributed by atoms with Crippen LogP contribution in [0.1, 0.15) is 17.3 Å². The Balaban J connectivity index is 1.92. The first-order valence-electron chi connectivity index (χ1n) is 7.01. The second-order valence-corrected chi connectivity index (χ2v) is 4.78. The van der Waals surface area contributed by atoms with Crippen LogP contribution in [0.2, 0.25) is 0 Å². The van der Waals surface area contributed by atoms with E-state index in [0.29, 0.717) is 5.56 Å². The van der Waals surface area contributed by atoms with Gasteiger partial charge in [-0.1, -0.05) is 0 Å². The molecule has 1 aromatic heterocycles. The number of aromatic nitrogens is 1. The third kappa shape index (κ3) is 3.68. The summed E-state index contributed by atoms with van der Waals surface area (Å²) in [4.78, 5) is 20.0. The van der Waals surface area contributed by atoms with E-state index in [1.807, 2.05) is 13.0 Å². The highest BCUT2D eigenvalue weighted by Crippen LogP contribution is 2.20. The third-order valence-corrected chi connectivity index (χ3v) is 3.53. The van der Waals surface area contributed by atoms with E-state index in [0.717, 1.165) is 51.6 Å². The van der Waals surface area contributed by atoms with E-state index in [-0.39, 0.29) is 0 Å². The maximum atomic E-state index is 11.4. The SMILES string of the molecule is CCOCCN1CCN(c2ccncc2C(N)=O)CC1. The van der Waals surface area contributed by atoms with E-state index >= 15 is 0 Å². The van der Waals surface area contributed by atoms with Gasteiger partial charge in [-0.3, -0.25) is 14.7 Å². The molecule has 110 valence electrons. The van der Waals surface area contributed by atoms with Gasteiger partial charge in [-0.15, -0.1) is 0 Å². The highest BCUT2D eigenvalue weighted by atomic mass is 16.5. The summed E-state index contributed by atoms with van der Waals surface area (Å²) < 4.78 is 5.37. The quantitative estimate of drug-likeness (QED) is 0.760. The van der Waals surface area contributed by atoms with Gasteiger partial charge in [-0.2, -0.15) is 0 Å². The van der Waals surface area contributed by atoms with E-state index in [9.17, 15) is 4.79 Å². The summed E-state index contributed by atoms with van der Waals surface area (Å²) in [5.41, 5.74) is 6.78. The molecule has 6 heteroatoms. The molecule has 1 aliphatic rings. The topological polar surface area (TPSA) is 71.7 Å². The van der Waals surface area contributed by atoms with Gasteiger partial charge in [0.15, 0.2) is 0 Å². The van der Waals surface area contributed by atoms with Crippen LogP contribution < -0.4 is 10.6 Å². The zero-order valence-electron chi connectivity index (χ0n) is 11.9. The summed E-state index contributed by atoms with van der Waals surface area (Å²) in [5, 5.41) is 0. The summed E-state index contributed by atoms with van der Waals surface area (Å²) in [6, 6.07) is 1.86. The molecule has 2 N–H and O–H groups in total. The number of carbonyl (C=O) groups excluding carboxylic acids is 1. The molecule has 20 heavy (non-hydrogen) atoms. The van der Waals surface area contributed by atoms with Crippen molar-refractivity contribution >= 4 is 11.6 Å². The molecule has 0 atom stereocenters. The maximum Gasteiger partial charge on any atom is 0.252 e. The summed E-state index contributed by atoms with van der Waals surface area (Å²) >= 11 is 0. The van der Waals surface area contributed by atoms with Crippen LogP contribution in [-0.4, -0.2) is 61.7 Å². The van der Waals surface area contributed by atoms with E-state index < -0.39 is 5.91 Å². The number of nitrogens with zero attached hydrogens (tertiary/aromatic N) is 3. The lowest BCUT2D eigenvalue weighted by atomic mass is 10.2. The normalized spacial score (nSPS) is 16.4. The van der Waals surface area contributed by atoms with Crippen molar-refractivity contribution in [3.8, 4) is 0 Å². The number of nitrogens with two attached hydrogens (primary N) is 1. The molecular formula is C14H22N4O2. The molecule has 1 aromatic rings. The number of primary amides is 1. The molecule has 1 fully saturated rings. The predicted molar refractivity (Wildman–Crippen MR) is 77.9 cm³/mol. The molecule has 0 bridgehead atoms. The van der Waals surface area contributed by atoms with Crippen LogP contribution in [0.25, 0.3) is 0 Å². The first-order valence-corrected chi connectivity index (χ1v) is 7.01. The number of hydrogen-bond acceptors (Lipinski definition) is 5. The highest BCUT2D eigenvalue weighted by Gasteiger charge is 2.20. The van der Waals surface area contributed by atoms with Crippen molar-refractivity contribution in [2.45, 2.75) is 6.92 Å². The van der Waals surface area contributed by atoms with E-state index in [1.54, 1.807) is 12.4 Å². The third-order valence-electron chi connectivity index (χ3n) is 3.53. The molecule has 0 spiro atoms. The number of piperazine rings is 1. The number of rotatable bonds is 6. The van der Waals surface area contributed by atoms with Crippen molar-refractivity contribution in [2.24, 2.45) is 5.73 Å². The lowest BCUT2D eigenvalue weighted by Gasteiger charge is -2.36. The minimum Gasteiger partial charge on any atom is -0.380 e. The fourth-order valence-electron chi connectivity index (χ4n) is 2.40. The Morgan fingerprint density at radius 2 is 2.15 bits per heavy atom. The molecular weight excluding hydrogens is 256 g/mol. The molecule has 1 aliphatic heterocycles. The molecule has 0 saturated carbocycles. The zero-order valence-corrected chi connectivity index (χ0v) is 11.9. The van der Waals surface area contributed by atoms with Crippen LogP contribution in [0.15, 0.2) is 18.5 Å². The van der Waals surface area contributed by atoms with Gasteiger partial charge in [-0.25, -0.2) is 0 Å². The Kier molecular flexibility index (Phi) is 5.31. The Morgan fingerprint density at radius 3 is 2.80 bits per heavy atom. The van der Waals surface area contributed by atoms with Crippen molar-refractivity contribution in [1.82, 2.24) is 9.88 Å². The van der Waals surface area contributed by atoms with Crippen LogP contribution in [0.3, 0.4) is 0 Å². The lowest BCUT2D eigenvalue weighted by Crippen LogP contribution is -2.47. The van der Waals surface area contributed by atoms with Crippen LogP contribution in [-0.2, 0) is 4.74 Å². The van der Waals surface area contributed by atoms with E-state index in [2.05, 4.69) is 14.8 Å². The smallest absolute Gasteiger partial charge is 0.252 e. The average molecular weight is 278 g/mol. The predicted octanol–water partition coefficient (Wildman–Crippen LogP) is 0.339. The van der Waals surface area contributed by atoms with Crippen molar-refractivity contribution in [3.05, 3.63) is 24.0 Å². The molecule has 1 amide bonds. The molecule has 1 saturated heterocycles. The summed E-state index contributed by atoms with van der Waals surface area (Å²) in [6.07, 6.45) is 3.24. The first kappa shape index (κ1) is 14.7. The number of carbonyl (C=O) groups is 1.